The number of carbonyl (C=O) groups is 1. The van der Waals surface area contributed by atoms with Gasteiger partial charge in [0.05, 0.1) is 0 Å². The Labute approximate surface area is 150 Å². The van der Waals surface area contributed by atoms with E-state index < -0.39 is 0 Å². The molecule has 4 nitrogen and oxygen atoms in total. The lowest BCUT2D eigenvalue weighted by Gasteiger charge is -2.43. The van der Waals surface area contributed by atoms with Crippen molar-refractivity contribution in [1.82, 2.24) is 10.6 Å². The van der Waals surface area contributed by atoms with Crippen LogP contribution in [-0.4, -0.2) is 29.6 Å². The van der Waals surface area contributed by atoms with Crippen LogP contribution in [0.25, 0.3) is 0 Å². The lowest BCUT2D eigenvalue weighted by Crippen LogP contribution is -2.53. The average Bonchev–Trinajstić information content (AvgIpc) is 2.35. The van der Waals surface area contributed by atoms with Crippen LogP contribution in [0.5, 0.6) is 0 Å². The van der Waals surface area contributed by atoms with E-state index in [1.54, 1.807) is 0 Å². The molecule has 0 aromatic carbocycles. The summed E-state index contributed by atoms with van der Waals surface area (Å²) >= 11 is 0. The molecular formula is C20H43N3O. The second-order valence-corrected chi connectivity index (χ2v) is 10.2. The van der Waals surface area contributed by atoms with Crippen molar-refractivity contribution in [2.75, 3.05) is 7.05 Å². The summed E-state index contributed by atoms with van der Waals surface area (Å²) in [6, 6.07) is 0. The fourth-order valence-corrected chi connectivity index (χ4v) is 2.99. The molecule has 0 saturated heterocycles. The largest absolute Gasteiger partial charge is 0.351 e. The van der Waals surface area contributed by atoms with Crippen LogP contribution in [0.3, 0.4) is 0 Å². The Hall–Kier alpha value is -0.610. The topological polar surface area (TPSA) is 67.2 Å². The Morgan fingerprint density at radius 3 is 1.79 bits per heavy atom. The zero-order valence-electron chi connectivity index (χ0n) is 18.1. The first kappa shape index (κ1) is 23.4. The minimum Gasteiger partial charge on any atom is -0.351 e. The smallest absolute Gasteiger partial charge is 0.223 e. The molecule has 144 valence electrons. The fraction of sp³-hybridized carbons (Fsp3) is 0.950. The van der Waals surface area contributed by atoms with Gasteiger partial charge in [0.2, 0.25) is 5.91 Å². The standard InChI is InChI=1S/C20H43N3O/c1-14(12-17(3,4)20(9,10)22-11)16(24)23-18(5,6)13-15(2)19(7,8)21/h14-15,22H,12-13,21H2,1-11H3,(H,23,24). The van der Waals surface area contributed by atoms with E-state index in [1.807, 2.05) is 27.8 Å². The lowest BCUT2D eigenvalue weighted by molar-refractivity contribution is -0.127. The van der Waals surface area contributed by atoms with Gasteiger partial charge in [-0.1, -0.05) is 27.7 Å². The molecule has 24 heavy (non-hydrogen) atoms. The quantitative estimate of drug-likeness (QED) is 0.599. The van der Waals surface area contributed by atoms with Crippen LogP contribution in [0.15, 0.2) is 0 Å². The van der Waals surface area contributed by atoms with Gasteiger partial charge in [-0.15, -0.1) is 0 Å². The number of carbonyl (C=O) groups excluding carboxylic acids is 1. The summed E-state index contributed by atoms with van der Waals surface area (Å²) in [6.45, 7) is 21.2. The lowest BCUT2D eigenvalue weighted by atomic mass is 9.69. The first-order valence-electron chi connectivity index (χ1n) is 9.25. The Kier molecular flexibility index (Phi) is 7.54. The number of hydrogen-bond acceptors (Lipinski definition) is 3. The summed E-state index contributed by atoms with van der Waals surface area (Å²) < 4.78 is 0. The minimum absolute atomic E-state index is 0.00912. The van der Waals surface area contributed by atoms with Crippen molar-refractivity contribution in [3.8, 4) is 0 Å². The third kappa shape index (κ3) is 6.72. The Morgan fingerprint density at radius 1 is 0.958 bits per heavy atom. The molecule has 0 spiro atoms. The van der Waals surface area contributed by atoms with Crippen molar-refractivity contribution < 1.29 is 4.79 Å². The number of nitrogens with one attached hydrogen (secondary N) is 2. The highest BCUT2D eigenvalue weighted by Gasteiger charge is 2.38. The summed E-state index contributed by atoms with van der Waals surface area (Å²) in [5.74, 6) is 0.415. The van der Waals surface area contributed by atoms with Crippen molar-refractivity contribution in [2.24, 2.45) is 23.0 Å². The SMILES string of the molecule is CNC(C)(C)C(C)(C)CC(C)C(=O)NC(C)(C)CC(C)C(C)(C)N. The van der Waals surface area contributed by atoms with Gasteiger partial charge in [-0.25, -0.2) is 0 Å². The van der Waals surface area contributed by atoms with Crippen molar-refractivity contribution >= 4 is 5.91 Å². The molecule has 2 unspecified atom stereocenters. The zero-order valence-corrected chi connectivity index (χ0v) is 18.1. The number of rotatable bonds is 9. The van der Waals surface area contributed by atoms with Crippen LogP contribution in [0.2, 0.25) is 0 Å². The summed E-state index contributed by atoms with van der Waals surface area (Å²) in [7, 11) is 1.98. The molecule has 0 saturated carbocycles. The van der Waals surface area contributed by atoms with E-state index in [0.29, 0.717) is 5.92 Å². The van der Waals surface area contributed by atoms with Crippen LogP contribution < -0.4 is 16.4 Å². The minimum atomic E-state index is -0.260. The van der Waals surface area contributed by atoms with Crippen molar-refractivity contribution in [3.05, 3.63) is 0 Å². The third-order valence-corrected chi connectivity index (χ3v) is 6.13. The maximum absolute atomic E-state index is 12.7. The molecular weight excluding hydrogens is 298 g/mol. The predicted molar refractivity (Wildman–Crippen MR) is 105 cm³/mol. The highest BCUT2D eigenvalue weighted by Crippen LogP contribution is 2.36. The summed E-state index contributed by atoms with van der Waals surface area (Å²) in [6.07, 6.45) is 1.70. The van der Waals surface area contributed by atoms with E-state index in [2.05, 4.69) is 59.1 Å². The summed E-state index contributed by atoms with van der Waals surface area (Å²) in [5, 5.41) is 6.61. The van der Waals surface area contributed by atoms with E-state index in [4.69, 9.17) is 5.73 Å². The molecule has 4 heteroatoms. The van der Waals surface area contributed by atoms with Crippen molar-refractivity contribution in [3.63, 3.8) is 0 Å². The molecule has 0 fully saturated rings. The molecule has 2 atom stereocenters. The van der Waals surface area contributed by atoms with Crippen LogP contribution in [0.4, 0.5) is 0 Å². The van der Waals surface area contributed by atoms with Gasteiger partial charge < -0.3 is 16.4 Å². The van der Waals surface area contributed by atoms with Gasteiger partial charge in [-0.3, -0.25) is 4.79 Å². The maximum atomic E-state index is 12.7. The normalized spacial score (nSPS) is 16.7. The Balaban J connectivity index is 4.87. The summed E-state index contributed by atoms with van der Waals surface area (Å²) in [5.41, 5.74) is 5.68. The number of hydrogen-bond donors (Lipinski definition) is 3. The van der Waals surface area contributed by atoms with Gasteiger partial charge in [0.1, 0.15) is 0 Å². The van der Waals surface area contributed by atoms with Crippen LogP contribution in [-0.2, 0) is 4.79 Å². The molecule has 0 aliphatic rings. The molecule has 0 bridgehead atoms. The third-order valence-electron chi connectivity index (χ3n) is 6.13. The van der Waals surface area contributed by atoms with Gasteiger partial charge >= 0.3 is 0 Å². The Morgan fingerprint density at radius 2 is 1.42 bits per heavy atom. The molecule has 4 N–H and O–H groups in total. The van der Waals surface area contributed by atoms with Crippen LogP contribution in [0.1, 0.15) is 82.1 Å². The van der Waals surface area contributed by atoms with Gasteiger partial charge in [-0.05, 0) is 72.8 Å². The highest BCUT2D eigenvalue weighted by molar-refractivity contribution is 5.79. The molecule has 0 heterocycles. The van der Waals surface area contributed by atoms with Gasteiger partial charge in [0.15, 0.2) is 0 Å². The molecule has 0 rings (SSSR count). The highest BCUT2D eigenvalue weighted by atomic mass is 16.2. The van der Waals surface area contributed by atoms with E-state index in [-0.39, 0.29) is 33.9 Å². The molecule has 0 aliphatic heterocycles. The second kappa shape index (κ2) is 7.74. The monoisotopic (exact) mass is 341 g/mol. The van der Waals surface area contributed by atoms with Gasteiger partial charge in [0, 0.05) is 22.5 Å². The Bertz CT molecular complexity index is 419. The van der Waals surface area contributed by atoms with Crippen LogP contribution in [0, 0.1) is 17.3 Å². The van der Waals surface area contributed by atoms with E-state index >= 15 is 0 Å². The first-order valence-corrected chi connectivity index (χ1v) is 9.25. The molecule has 0 aromatic rings. The van der Waals surface area contributed by atoms with Crippen molar-refractivity contribution in [1.29, 1.82) is 0 Å². The second-order valence-electron chi connectivity index (χ2n) is 10.2. The molecule has 0 radical (unpaired) electrons. The van der Waals surface area contributed by atoms with E-state index in [1.165, 1.54) is 0 Å². The zero-order chi connectivity index (χ0) is 19.6. The summed E-state index contributed by atoms with van der Waals surface area (Å²) in [4.78, 5) is 12.7. The number of amides is 1. The number of nitrogens with two attached hydrogens (primary N) is 1. The van der Waals surface area contributed by atoms with Gasteiger partial charge in [-0.2, -0.15) is 0 Å². The fourth-order valence-electron chi connectivity index (χ4n) is 2.99. The maximum Gasteiger partial charge on any atom is 0.223 e. The molecule has 0 aromatic heterocycles. The van der Waals surface area contributed by atoms with E-state index in [0.717, 1.165) is 12.8 Å². The van der Waals surface area contributed by atoms with E-state index in [9.17, 15) is 4.79 Å². The molecule has 0 aliphatic carbocycles. The van der Waals surface area contributed by atoms with Gasteiger partial charge in [0.25, 0.3) is 0 Å². The van der Waals surface area contributed by atoms with Crippen LogP contribution >= 0.6 is 0 Å². The van der Waals surface area contributed by atoms with Crippen molar-refractivity contribution in [2.45, 2.75) is 98.7 Å². The first-order chi connectivity index (χ1) is 10.5. The molecule has 1 amide bonds. The average molecular weight is 342 g/mol. The predicted octanol–water partition coefficient (Wildman–Crippen LogP) is 3.70.